The number of nitrogens with zero attached hydrogens (tertiary/aromatic N) is 2. The van der Waals surface area contributed by atoms with E-state index >= 15 is 0 Å². The van der Waals surface area contributed by atoms with Gasteiger partial charge in [-0.05, 0) is 19.2 Å². The topological polar surface area (TPSA) is 69.4 Å². The molecular formula is C15H19N3O3. The van der Waals surface area contributed by atoms with Gasteiger partial charge in [-0.3, -0.25) is 0 Å². The summed E-state index contributed by atoms with van der Waals surface area (Å²) >= 11 is 0. The van der Waals surface area contributed by atoms with E-state index in [-0.39, 0.29) is 12.0 Å². The second-order valence-electron chi connectivity index (χ2n) is 5.00. The lowest BCUT2D eigenvalue weighted by atomic mass is 10.0. The summed E-state index contributed by atoms with van der Waals surface area (Å²) in [5, 5.41) is 7.22. The number of hydrogen-bond acceptors (Lipinski definition) is 6. The van der Waals surface area contributed by atoms with Gasteiger partial charge in [0.1, 0.15) is 5.75 Å². The molecule has 6 nitrogen and oxygen atoms in total. The predicted molar refractivity (Wildman–Crippen MR) is 76.3 cm³/mol. The van der Waals surface area contributed by atoms with Gasteiger partial charge in [-0.2, -0.15) is 4.98 Å². The molecule has 1 aromatic heterocycles. The van der Waals surface area contributed by atoms with Crippen molar-refractivity contribution in [3.8, 4) is 5.75 Å². The Morgan fingerprint density at radius 1 is 1.29 bits per heavy atom. The van der Waals surface area contributed by atoms with E-state index in [1.807, 2.05) is 37.4 Å². The standard InChI is InChI=1S/C15H19N3O3/c1-16-13-10-19-9-12(13)15-17-14(18-21-15)7-8-20-11-5-3-2-4-6-11/h2-6,12-13,16H,7-10H2,1H3. The molecule has 2 heterocycles. The molecule has 0 saturated carbocycles. The summed E-state index contributed by atoms with van der Waals surface area (Å²) in [4.78, 5) is 4.44. The molecule has 0 amide bonds. The minimum absolute atomic E-state index is 0.131. The van der Waals surface area contributed by atoms with Crippen molar-refractivity contribution in [2.75, 3.05) is 26.9 Å². The summed E-state index contributed by atoms with van der Waals surface area (Å²) in [5.74, 6) is 2.29. The summed E-state index contributed by atoms with van der Waals surface area (Å²) in [7, 11) is 1.91. The number of hydrogen-bond donors (Lipinski definition) is 1. The Kier molecular flexibility index (Phi) is 4.47. The van der Waals surface area contributed by atoms with Crippen LogP contribution in [0.5, 0.6) is 5.75 Å². The summed E-state index contributed by atoms with van der Waals surface area (Å²) in [6, 6.07) is 9.93. The van der Waals surface area contributed by atoms with E-state index in [9.17, 15) is 0 Å². The smallest absolute Gasteiger partial charge is 0.233 e. The second-order valence-corrected chi connectivity index (χ2v) is 5.00. The normalized spacial score (nSPS) is 21.6. The van der Waals surface area contributed by atoms with Crippen molar-refractivity contribution in [1.82, 2.24) is 15.5 Å². The zero-order valence-electron chi connectivity index (χ0n) is 12.0. The van der Waals surface area contributed by atoms with Crippen molar-refractivity contribution in [2.24, 2.45) is 0 Å². The highest BCUT2D eigenvalue weighted by atomic mass is 16.5. The number of para-hydroxylation sites is 1. The van der Waals surface area contributed by atoms with Crippen LogP contribution in [0, 0.1) is 0 Å². The van der Waals surface area contributed by atoms with Crippen LogP contribution >= 0.6 is 0 Å². The lowest BCUT2D eigenvalue weighted by Gasteiger charge is -2.11. The van der Waals surface area contributed by atoms with Crippen LogP contribution in [-0.2, 0) is 11.2 Å². The van der Waals surface area contributed by atoms with Gasteiger partial charge in [0.05, 0.1) is 25.7 Å². The number of nitrogens with one attached hydrogen (secondary N) is 1. The van der Waals surface area contributed by atoms with Gasteiger partial charge in [-0.25, -0.2) is 0 Å². The summed E-state index contributed by atoms with van der Waals surface area (Å²) in [6.07, 6.45) is 0.621. The molecule has 1 aromatic carbocycles. The number of aromatic nitrogens is 2. The molecule has 1 aliphatic heterocycles. The first kappa shape index (κ1) is 14.0. The fraction of sp³-hybridized carbons (Fsp3) is 0.467. The molecule has 2 aromatic rings. The average molecular weight is 289 g/mol. The third-order valence-corrected chi connectivity index (χ3v) is 3.59. The van der Waals surface area contributed by atoms with Gasteiger partial charge in [0, 0.05) is 12.5 Å². The van der Waals surface area contributed by atoms with Crippen molar-refractivity contribution in [3.63, 3.8) is 0 Å². The van der Waals surface area contributed by atoms with E-state index in [0.29, 0.717) is 38.0 Å². The first-order chi connectivity index (χ1) is 10.4. The molecule has 6 heteroatoms. The van der Waals surface area contributed by atoms with Crippen LogP contribution in [-0.4, -0.2) is 43.1 Å². The number of rotatable bonds is 6. The first-order valence-corrected chi connectivity index (χ1v) is 7.12. The maximum absolute atomic E-state index is 5.63. The SMILES string of the molecule is CNC1COCC1c1nc(CCOc2ccccc2)no1. The lowest BCUT2D eigenvalue weighted by Crippen LogP contribution is -2.31. The monoisotopic (exact) mass is 289 g/mol. The van der Waals surface area contributed by atoms with Crippen molar-refractivity contribution < 1.29 is 14.0 Å². The molecule has 2 unspecified atom stereocenters. The van der Waals surface area contributed by atoms with E-state index in [0.717, 1.165) is 5.75 Å². The zero-order chi connectivity index (χ0) is 14.5. The Morgan fingerprint density at radius 2 is 2.14 bits per heavy atom. The van der Waals surface area contributed by atoms with Crippen molar-refractivity contribution in [3.05, 3.63) is 42.0 Å². The molecule has 0 aliphatic carbocycles. The third kappa shape index (κ3) is 3.40. The molecule has 21 heavy (non-hydrogen) atoms. The fourth-order valence-corrected chi connectivity index (χ4v) is 2.38. The molecule has 0 bridgehead atoms. The second kappa shape index (κ2) is 6.69. The third-order valence-electron chi connectivity index (χ3n) is 3.59. The van der Waals surface area contributed by atoms with Crippen LogP contribution in [0.25, 0.3) is 0 Å². The Labute approximate surface area is 123 Å². The largest absolute Gasteiger partial charge is 0.493 e. The van der Waals surface area contributed by atoms with E-state index in [1.54, 1.807) is 0 Å². The summed E-state index contributed by atoms with van der Waals surface area (Å²) < 4.78 is 16.4. The van der Waals surface area contributed by atoms with Crippen LogP contribution in [0.3, 0.4) is 0 Å². The van der Waals surface area contributed by atoms with Crippen LogP contribution in [0.1, 0.15) is 17.6 Å². The van der Waals surface area contributed by atoms with Crippen LogP contribution < -0.4 is 10.1 Å². The van der Waals surface area contributed by atoms with Gasteiger partial charge < -0.3 is 19.3 Å². The van der Waals surface area contributed by atoms with Crippen molar-refractivity contribution in [1.29, 1.82) is 0 Å². The molecule has 1 aliphatic rings. The van der Waals surface area contributed by atoms with Crippen LogP contribution in [0.2, 0.25) is 0 Å². The zero-order valence-corrected chi connectivity index (χ0v) is 12.0. The molecule has 1 saturated heterocycles. The Balaban J connectivity index is 1.53. The van der Waals surface area contributed by atoms with Gasteiger partial charge >= 0.3 is 0 Å². The van der Waals surface area contributed by atoms with Gasteiger partial charge in [0.2, 0.25) is 5.89 Å². The molecule has 0 spiro atoms. The highest BCUT2D eigenvalue weighted by molar-refractivity contribution is 5.20. The lowest BCUT2D eigenvalue weighted by molar-refractivity contribution is 0.185. The van der Waals surface area contributed by atoms with E-state index in [1.165, 1.54) is 0 Å². The molecule has 112 valence electrons. The van der Waals surface area contributed by atoms with E-state index in [4.69, 9.17) is 14.0 Å². The van der Waals surface area contributed by atoms with Crippen LogP contribution in [0.15, 0.2) is 34.9 Å². The summed E-state index contributed by atoms with van der Waals surface area (Å²) in [6.45, 7) is 1.82. The minimum atomic E-state index is 0.131. The Hall–Kier alpha value is -1.92. The Bertz CT molecular complexity index is 558. The van der Waals surface area contributed by atoms with E-state index < -0.39 is 0 Å². The number of likely N-dealkylation sites (N-methyl/N-ethyl adjacent to an activating group) is 1. The maximum Gasteiger partial charge on any atom is 0.233 e. The van der Waals surface area contributed by atoms with Crippen molar-refractivity contribution in [2.45, 2.75) is 18.4 Å². The van der Waals surface area contributed by atoms with Gasteiger partial charge in [0.25, 0.3) is 0 Å². The summed E-state index contributed by atoms with van der Waals surface area (Å²) in [5.41, 5.74) is 0. The Morgan fingerprint density at radius 3 is 2.95 bits per heavy atom. The molecule has 1 N–H and O–H groups in total. The molecular weight excluding hydrogens is 270 g/mol. The van der Waals surface area contributed by atoms with Gasteiger partial charge in [0.15, 0.2) is 5.82 Å². The van der Waals surface area contributed by atoms with E-state index in [2.05, 4.69) is 15.5 Å². The molecule has 3 rings (SSSR count). The van der Waals surface area contributed by atoms with Gasteiger partial charge in [-0.15, -0.1) is 0 Å². The highest BCUT2D eigenvalue weighted by Gasteiger charge is 2.32. The van der Waals surface area contributed by atoms with Crippen molar-refractivity contribution >= 4 is 0 Å². The first-order valence-electron chi connectivity index (χ1n) is 7.12. The molecule has 2 atom stereocenters. The minimum Gasteiger partial charge on any atom is -0.493 e. The molecule has 0 radical (unpaired) electrons. The van der Waals surface area contributed by atoms with Crippen LogP contribution in [0.4, 0.5) is 0 Å². The average Bonchev–Trinajstić information content (AvgIpc) is 3.16. The molecule has 1 fully saturated rings. The quantitative estimate of drug-likeness (QED) is 0.866. The number of ether oxygens (including phenoxy) is 2. The maximum atomic E-state index is 5.63. The van der Waals surface area contributed by atoms with Gasteiger partial charge in [-0.1, -0.05) is 23.4 Å². The fourth-order valence-electron chi connectivity index (χ4n) is 2.38. The number of benzene rings is 1. The predicted octanol–water partition coefficient (Wildman–Crippen LogP) is 1.39. The highest BCUT2D eigenvalue weighted by Crippen LogP contribution is 2.24.